The van der Waals surface area contributed by atoms with Crippen molar-refractivity contribution in [1.29, 1.82) is 0 Å². The first-order chi connectivity index (χ1) is 9.22. The Morgan fingerprint density at radius 2 is 2.32 bits per heavy atom. The molecule has 1 aromatic heterocycles. The molecule has 1 aromatic carbocycles. The fourth-order valence-corrected chi connectivity index (χ4v) is 3.48. The highest BCUT2D eigenvalue weighted by Gasteiger charge is 2.17. The lowest BCUT2D eigenvalue weighted by Crippen LogP contribution is -2.45. The number of piperidine rings is 1. The molecule has 2 heterocycles. The number of amides is 1. The average molecular weight is 295 g/mol. The van der Waals surface area contributed by atoms with Gasteiger partial charge in [0.05, 0.1) is 4.88 Å². The van der Waals surface area contributed by atoms with Crippen molar-refractivity contribution in [2.24, 2.45) is 0 Å². The van der Waals surface area contributed by atoms with Gasteiger partial charge in [-0.05, 0) is 49.0 Å². The van der Waals surface area contributed by atoms with Gasteiger partial charge >= 0.3 is 0 Å². The molecular weight excluding hydrogens is 280 g/mol. The van der Waals surface area contributed by atoms with Gasteiger partial charge in [0.15, 0.2) is 0 Å². The predicted octanol–water partition coefficient (Wildman–Crippen LogP) is 3.04. The van der Waals surface area contributed by atoms with E-state index in [4.69, 9.17) is 11.6 Å². The van der Waals surface area contributed by atoms with E-state index in [1.165, 1.54) is 11.3 Å². The summed E-state index contributed by atoms with van der Waals surface area (Å²) in [6.07, 6.45) is 2.17. The topological polar surface area (TPSA) is 41.1 Å². The number of hydrogen-bond donors (Lipinski definition) is 2. The Hall–Kier alpha value is -1.10. The summed E-state index contributed by atoms with van der Waals surface area (Å²) >= 11 is 7.47. The second-order valence-corrected chi connectivity index (χ2v) is 6.33. The lowest BCUT2D eigenvalue weighted by atomic mass is 10.1. The molecule has 1 aliphatic heterocycles. The number of carbonyl (C=O) groups is 1. The molecule has 0 spiro atoms. The standard InChI is InChI=1S/C14H15ClN2OS/c15-10-3-4-12-9(6-10)7-13(19-12)14(18)17-11-2-1-5-16-8-11/h3-4,6-7,11,16H,1-2,5,8H2,(H,17,18)/t11-/m1/s1. The number of fused-ring (bicyclic) bond motifs is 1. The van der Waals surface area contributed by atoms with Crippen molar-refractivity contribution in [1.82, 2.24) is 10.6 Å². The zero-order valence-corrected chi connectivity index (χ0v) is 12.0. The third kappa shape index (κ3) is 2.91. The fourth-order valence-electron chi connectivity index (χ4n) is 2.36. The Morgan fingerprint density at radius 3 is 3.11 bits per heavy atom. The summed E-state index contributed by atoms with van der Waals surface area (Å²) < 4.78 is 1.09. The van der Waals surface area contributed by atoms with Gasteiger partial charge in [-0.3, -0.25) is 4.79 Å². The predicted molar refractivity (Wildman–Crippen MR) is 80.2 cm³/mol. The SMILES string of the molecule is O=C(N[C@@H]1CCCNC1)c1cc2cc(Cl)ccc2s1. The maximum atomic E-state index is 12.2. The van der Waals surface area contributed by atoms with Crippen LogP contribution in [-0.4, -0.2) is 25.0 Å². The first-order valence-corrected chi connectivity index (χ1v) is 7.62. The molecule has 100 valence electrons. The third-order valence-corrected chi connectivity index (χ3v) is 4.68. The Morgan fingerprint density at radius 1 is 1.42 bits per heavy atom. The van der Waals surface area contributed by atoms with Crippen molar-refractivity contribution in [3.05, 3.63) is 34.2 Å². The second-order valence-electron chi connectivity index (χ2n) is 4.81. The smallest absolute Gasteiger partial charge is 0.261 e. The molecule has 0 saturated carbocycles. The Bertz CT molecular complexity index is 605. The Balaban J connectivity index is 1.77. The van der Waals surface area contributed by atoms with Gasteiger partial charge in [-0.15, -0.1) is 11.3 Å². The van der Waals surface area contributed by atoms with Gasteiger partial charge < -0.3 is 10.6 Å². The molecule has 19 heavy (non-hydrogen) atoms. The quantitative estimate of drug-likeness (QED) is 0.894. The number of rotatable bonds is 2. The minimum atomic E-state index is 0.0195. The van der Waals surface area contributed by atoms with E-state index < -0.39 is 0 Å². The largest absolute Gasteiger partial charge is 0.347 e. The van der Waals surface area contributed by atoms with E-state index in [1.54, 1.807) is 0 Å². The second kappa shape index (κ2) is 5.49. The molecule has 1 aliphatic rings. The molecule has 0 aliphatic carbocycles. The van der Waals surface area contributed by atoms with Crippen LogP contribution in [0.4, 0.5) is 0 Å². The van der Waals surface area contributed by atoms with Gasteiger partial charge in [-0.25, -0.2) is 0 Å². The highest BCUT2D eigenvalue weighted by atomic mass is 35.5. The summed E-state index contributed by atoms with van der Waals surface area (Å²) in [6.45, 7) is 1.91. The van der Waals surface area contributed by atoms with Crippen molar-refractivity contribution in [3.63, 3.8) is 0 Å². The van der Waals surface area contributed by atoms with E-state index in [0.717, 1.165) is 40.9 Å². The number of carbonyl (C=O) groups excluding carboxylic acids is 1. The molecule has 0 bridgehead atoms. The molecule has 2 N–H and O–H groups in total. The zero-order valence-electron chi connectivity index (χ0n) is 10.4. The molecule has 3 nitrogen and oxygen atoms in total. The minimum absolute atomic E-state index is 0.0195. The normalized spacial score (nSPS) is 19.5. The van der Waals surface area contributed by atoms with Crippen LogP contribution >= 0.6 is 22.9 Å². The molecule has 0 radical (unpaired) electrons. The molecule has 1 fully saturated rings. The lowest BCUT2D eigenvalue weighted by molar-refractivity contribution is 0.0935. The summed E-state index contributed by atoms with van der Waals surface area (Å²) in [4.78, 5) is 13.0. The highest BCUT2D eigenvalue weighted by molar-refractivity contribution is 7.20. The van der Waals surface area contributed by atoms with E-state index in [2.05, 4.69) is 10.6 Å². The molecule has 0 unspecified atom stereocenters. The lowest BCUT2D eigenvalue weighted by Gasteiger charge is -2.23. The molecule has 5 heteroatoms. The average Bonchev–Trinajstić information content (AvgIpc) is 2.83. The summed E-state index contributed by atoms with van der Waals surface area (Å²) in [5, 5.41) is 8.12. The number of benzene rings is 1. The van der Waals surface area contributed by atoms with Crippen LogP contribution in [0.15, 0.2) is 24.3 Å². The van der Waals surface area contributed by atoms with Crippen LogP contribution in [0, 0.1) is 0 Å². The van der Waals surface area contributed by atoms with Crippen LogP contribution in [0.2, 0.25) is 5.02 Å². The zero-order chi connectivity index (χ0) is 13.2. The van der Waals surface area contributed by atoms with Gasteiger partial charge in [-0.1, -0.05) is 11.6 Å². The molecule has 1 atom stereocenters. The van der Waals surface area contributed by atoms with E-state index in [-0.39, 0.29) is 11.9 Å². The number of nitrogens with one attached hydrogen (secondary N) is 2. The summed E-state index contributed by atoms with van der Waals surface area (Å²) in [6, 6.07) is 7.87. The van der Waals surface area contributed by atoms with E-state index in [0.29, 0.717) is 5.02 Å². The monoisotopic (exact) mass is 294 g/mol. The van der Waals surface area contributed by atoms with Crippen LogP contribution in [0.25, 0.3) is 10.1 Å². The first-order valence-electron chi connectivity index (χ1n) is 6.43. The van der Waals surface area contributed by atoms with Gasteiger partial charge in [0, 0.05) is 22.3 Å². The van der Waals surface area contributed by atoms with Crippen LogP contribution in [-0.2, 0) is 0 Å². The van der Waals surface area contributed by atoms with Crippen molar-refractivity contribution in [2.45, 2.75) is 18.9 Å². The van der Waals surface area contributed by atoms with Crippen molar-refractivity contribution >= 4 is 38.9 Å². The molecular formula is C14H15ClN2OS. The molecule has 2 aromatic rings. The van der Waals surface area contributed by atoms with Gasteiger partial charge in [0.25, 0.3) is 5.91 Å². The van der Waals surface area contributed by atoms with Crippen molar-refractivity contribution in [2.75, 3.05) is 13.1 Å². The molecule has 3 rings (SSSR count). The third-order valence-electron chi connectivity index (χ3n) is 3.33. The van der Waals surface area contributed by atoms with Crippen LogP contribution in [0.5, 0.6) is 0 Å². The minimum Gasteiger partial charge on any atom is -0.347 e. The van der Waals surface area contributed by atoms with Crippen molar-refractivity contribution in [3.8, 4) is 0 Å². The Labute approximate surface area is 121 Å². The number of halogens is 1. The van der Waals surface area contributed by atoms with Crippen LogP contribution in [0.1, 0.15) is 22.5 Å². The van der Waals surface area contributed by atoms with E-state index in [9.17, 15) is 4.79 Å². The summed E-state index contributed by atoms with van der Waals surface area (Å²) in [7, 11) is 0. The highest BCUT2D eigenvalue weighted by Crippen LogP contribution is 2.28. The Kier molecular flexibility index (Phi) is 3.73. The maximum Gasteiger partial charge on any atom is 0.261 e. The number of hydrogen-bond acceptors (Lipinski definition) is 3. The van der Waals surface area contributed by atoms with E-state index >= 15 is 0 Å². The fraction of sp³-hybridized carbons (Fsp3) is 0.357. The van der Waals surface area contributed by atoms with Crippen LogP contribution in [0.3, 0.4) is 0 Å². The van der Waals surface area contributed by atoms with Gasteiger partial charge in [0.1, 0.15) is 0 Å². The van der Waals surface area contributed by atoms with Gasteiger partial charge in [0.2, 0.25) is 0 Å². The number of thiophene rings is 1. The molecule has 1 amide bonds. The first kappa shape index (κ1) is 12.9. The van der Waals surface area contributed by atoms with Gasteiger partial charge in [-0.2, -0.15) is 0 Å². The van der Waals surface area contributed by atoms with Crippen LogP contribution < -0.4 is 10.6 Å². The maximum absolute atomic E-state index is 12.2. The van der Waals surface area contributed by atoms with E-state index in [1.807, 2.05) is 24.3 Å². The van der Waals surface area contributed by atoms with Crippen molar-refractivity contribution < 1.29 is 4.79 Å². The molecule has 1 saturated heterocycles. The summed E-state index contributed by atoms with van der Waals surface area (Å²) in [5.74, 6) is 0.0195. The summed E-state index contributed by atoms with van der Waals surface area (Å²) in [5.41, 5.74) is 0.